The molecule has 1 nitrogen and oxygen atoms in total. The van der Waals surface area contributed by atoms with Crippen molar-refractivity contribution < 1.29 is 0 Å². The number of rotatable bonds is 6. The van der Waals surface area contributed by atoms with Gasteiger partial charge < -0.3 is 5.32 Å². The van der Waals surface area contributed by atoms with Crippen LogP contribution in [0.4, 0.5) is 0 Å². The molecule has 1 unspecified atom stereocenters. The molecule has 0 saturated heterocycles. The smallest absolute Gasteiger partial charge is 0.0342 e. The fourth-order valence-electron chi connectivity index (χ4n) is 2.12. The van der Waals surface area contributed by atoms with Gasteiger partial charge in [-0.2, -0.15) is 0 Å². The number of hydrogen-bond donors (Lipinski definition) is 1. The summed E-state index contributed by atoms with van der Waals surface area (Å²) in [6.45, 7) is 3.21. The van der Waals surface area contributed by atoms with Crippen molar-refractivity contribution in [2.24, 2.45) is 0 Å². The number of likely N-dealkylation sites (N-methyl/N-ethyl adjacent to an activating group) is 1. The lowest BCUT2D eigenvalue weighted by atomic mass is 10.0. The van der Waals surface area contributed by atoms with E-state index in [4.69, 9.17) is 0 Å². The Morgan fingerprint density at radius 3 is 3.00 bits per heavy atom. The minimum absolute atomic E-state index is 0.579. The monoisotopic (exact) mass is 311 g/mol. The molecule has 2 aromatic rings. The number of nitrogens with one attached hydrogen (secondary N) is 1. The zero-order valence-electron chi connectivity index (χ0n) is 10.1. The maximum absolute atomic E-state index is 3.55. The molecular formula is C14H18BrNS. The van der Waals surface area contributed by atoms with E-state index in [-0.39, 0.29) is 0 Å². The molecule has 92 valence electrons. The Balaban J connectivity index is 2.09. The fourth-order valence-corrected chi connectivity index (χ4v) is 3.45. The van der Waals surface area contributed by atoms with Gasteiger partial charge in [0.1, 0.15) is 0 Å². The minimum Gasteiger partial charge on any atom is -0.314 e. The average molecular weight is 312 g/mol. The van der Waals surface area contributed by atoms with Gasteiger partial charge >= 0.3 is 0 Å². The van der Waals surface area contributed by atoms with Gasteiger partial charge in [0.15, 0.2) is 0 Å². The second-order valence-corrected chi connectivity index (χ2v) is 5.97. The fraction of sp³-hybridized carbons (Fsp3) is 0.429. The lowest BCUT2D eigenvalue weighted by Crippen LogP contribution is -2.31. The first-order valence-corrected chi connectivity index (χ1v) is 8.09. The topological polar surface area (TPSA) is 12.0 Å². The van der Waals surface area contributed by atoms with Crippen LogP contribution in [0.1, 0.15) is 18.9 Å². The van der Waals surface area contributed by atoms with Gasteiger partial charge in [-0.3, -0.25) is 0 Å². The molecule has 3 heteroatoms. The Morgan fingerprint density at radius 2 is 2.24 bits per heavy atom. The van der Waals surface area contributed by atoms with Crippen LogP contribution in [-0.2, 0) is 6.42 Å². The quantitative estimate of drug-likeness (QED) is 0.788. The van der Waals surface area contributed by atoms with Crippen LogP contribution in [0.3, 0.4) is 0 Å². The molecule has 1 aromatic heterocycles. The lowest BCUT2D eigenvalue weighted by Gasteiger charge is -2.16. The first-order chi connectivity index (χ1) is 8.33. The number of halogens is 1. The highest BCUT2D eigenvalue weighted by molar-refractivity contribution is 9.09. The zero-order chi connectivity index (χ0) is 12.1. The van der Waals surface area contributed by atoms with Crippen molar-refractivity contribution in [3.8, 4) is 0 Å². The van der Waals surface area contributed by atoms with Gasteiger partial charge in [-0.05, 0) is 47.8 Å². The highest BCUT2D eigenvalue weighted by Crippen LogP contribution is 2.22. The molecule has 0 aliphatic heterocycles. The zero-order valence-corrected chi connectivity index (χ0v) is 12.5. The van der Waals surface area contributed by atoms with Crippen molar-refractivity contribution in [3.05, 3.63) is 35.2 Å². The molecule has 0 aliphatic carbocycles. The van der Waals surface area contributed by atoms with E-state index in [2.05, 4.69) is 57.8 Å². The van der Waals surface area contributed by atoms with E-state index in [1.165, 1.54) is 22.1 Å². The first-order valence-electron chi connectivity index (χ1n) is 6.09. The van der Waals surface area contributed by atoms with E-state index >= 15 is 0 Å². The lowest BCUT2D eigenvalue weighted by molar-refractivity contribution is 0.515. The molecule has 0 fully saturated rings. The third kappa shape index (κ3) is 3.54. The second-order valence-electron chi connectivity index (χ2n) is 4.23. The van der Waals surface area contributed by atoms with Gasteiger partial charge in [0.25, 0.3) is 0 Å². The molecule has 0 bridgehead atoms. The van der Waals surface area contributed by atoms with E-state index in [1.807, 2.05) is 11.3 Å². The summed E-state index contributed by atoms with van der Waals surface area (Å²) in [5, 5.41) is 8.15. The van der Waals surface area contributed by atoms with Crippen molar-refractivity contribution >= 4 is 37.4 Å². The van der Waals surface area contributed by atoms with Crippen LogP contribution >= 0.6 is 27.3 Å². The normalized spacial score (nSPS) is 13.1. The second kappa shape index (κ2) is 6.53. The number of hydrogen-bond acceptors (Lipinski definition) is 2. The predicted molar refractivity (Wildman–Crippen MR) is 81.4 cm³/mol. The Labute approximate surface area is 115 Å². The highest BCUT2D eigenvalue weighted by atomic mass is 79.9. The summed E-state index contributed by atoms with van der Waals surface area (Å²) in [5.41, 5.74) is 1.43. The molecule has 0 spiro atoms. The largest absolute Gasteiger partial charge is 0.314 e. The molecular weight excluding hydrogens is 294 g/mol. The summed E-state index contributed by atoms with van der Waals surface area (Å²) < 4.78 is 1.38. The molecule has 1 aromatic carbocycles. The minimum atomic E-state index is 0.579. The van der Waals surface area contributed by atoms with Crippen LogP contribution in [0.2, 0.25) is 0 Å². The summed E-state index contributed by atoms with van der Waals surface area (Å²) >= 11 is 5.34. The van der Waals surface area contributed by atoms with Crippen molar-refractivity contribution in [3.63, 3.8) is 0 Å². The van der Waals surface area contributed by atoms with Gasteiger partial charge in [0.05, 0.1) is 0 Å². The molecule has 0 aliphatic rings. The number of benzene rings is 1. The standard InChI is InChI=1S/C14H18BrNS/c1-2-16-13(5-7-15)10-11-3-4-14-12(9-11)6-8-17-14/h3-4,6,8-9,13,16H,2,5,7,10H2,1H3. The van der Waals surface area contributed by atoms with Gasteiger partial charge in [-0.15, -0.1) is 11.3 Å². The van der Waals surface area contributed by atoms with Crippen molar-refractivity contribution in [2.45, 2.75) is 25.8 Å². The van der Waals surface area contributed by atoms with Crippen LogP contribution in [0.5, 0.6) is 0 Å². The molecule has 0 radical (unpaired) electrons. The average Bonchev–Trinajstić information content (AvgIpc) is 2.77. The Kier molecular flexibility index (Phi) is 5.01. The molecule has 1 atom stereocenters. The summed E-state index contributed by atoms with van der Waals surface area (Å²) in [6, 6.07) is 9.61. The van der Waals surface area contributed by atoms with E-state index < -0.39 is 0 Å². The molecule has 0 amide bonds. The number of alkyl halides is 1. The van der Waals surface area contributed by atoms with E-state index in [0.29, 0.717) is 6.04 Å². The first kappa shape index (κ1) is 13.1. The van der Waals surface area contributed by atoms with E-state index in [0.717, 1.165) is 18.3 Å². The van der Waals surface area contributed by atoms with Crippen LogP contribution in [0, 0.1) is 0 Å². The van der Waals surface area contributed by atoms with E-state index in [1.54, 1.807) is 0 Å². The van der Waals surface area contributed by atoms with Crippen LogP contribution in [-0.4, -0.2) is 17.9 Å². The third-order valence-electron chi connectivity index (χ3n) is 2.95. The molecule has 0 saturated carbocycles. The summed E-state index contributed by atoms with van der Waals surface area (Å²) in [7, 11) is 0. The summed E-state index contributed by atoms with van der Waals surface area (Å²) in [5.74, 6) is 0. The number of fused-ring (bicyclic) bond motifs is 1. The van der Waals surface area contributed by atoms with Gasteiger partial charge in [0, 0.05) is 16.1 Å². The molecule has 1 heterocycles. The summed E-state index contributed by atoms with van der Waals surface area (Å²) in [4.78, 5) is 0. The van der Waals surface area contributed by atoms with Crippen molar-refractivity contribution in [2.75, 3.05) is 11.9 Å². The molecule has 1 N–H and O–H groups in total. The molecule has 17 heavy (non-hydrogen) atoms. The summed E-state index contributed by atoms with van der Waals surface area (Å²) in [6.07, 6.45) is 2.29. The predicted octanol–water partition coefficient (Wildman–Crippen LogP) is 4.21. The Morgan fingerprint density at radius 1 is 1.35 bits per heavy atom. The van der Waals surface area contributed by atoms with E-state index in [9.17, 15) is 0 Å². The SMILES string of the molecule is CCNC(CCBr)Cc1ccc2sccc2c1. The van der Waals surface area contributed by atoms with Gasteiger partial charge in [-0.25, -0.2) is 0 Å². The van der Waals surface area contributed by atoms with Crippen LogP contribution in [0.15, 0.2) is 29.6 Å². The van der Waals surface area contributed by atoms with Crippen LogP contribution < -0.4 is 5.32 Å². The highest BCUT2D eigenvalue weighted by Gasteiger charge is 2.08. The Hall–Kier alpha value is -0.380. The Bertz CT molecular complexity index is 460. The van der Waals surface area contributed by atoms with Gasteiger partial charge in [-0.1, -0.05) is 35.0 Å². The molecule has 2 rings (SSSR count). The van der Waals surface area contributed by atoms with Crippen molar-refractivity contribution in [1.82, 2.24) is 5.32 Å². The number of thiophene rings is 1. The van der Waals surface area contributed by atoms with Gasteiger partial charge in [0.2, 0.25) is 0 Å². The maximum atomic E-state index is 3.55. The third-order valence-corrected chi connectivity index (χ3v) is 4.31. The maximum Gasteiger partial charge on any atom is 0.0342 e. The van der Waals surface area contributed by atoms with Crippen molar-refractivity contribution in [1.29, 1.82) is 0 Å². The van der Waals surface area contributed by atoms with Crippen LogP contribution in [0.25, 0.3) is 10.1 Å².